The Morgan fingerprint density at radius 3 is 1.67 bits per heavy atom. The summed E-state index contributed by atoms with van der Waals surface area (Å²) in [5, 5.41) is 11.5. The van der Waals surface area contributed by atoms with Crippen molar-refractivity contribution in [3.8, 4) is 0 Å². The van der Waals surface area contributed by atoms with Crippen LogP contribution in [0.2, 0.25) is 0 Å². The van der Waals surface area contributed by atoms with Gasteiger partial charge in [-0.05, 0) is 60.3 Å². The Labute approximate surface area is 294 Å². The molecule has 2 N–H and O–H groups in total. The first kappa shape index (κ1) is 45.9. The van der Waals surface area contributed by atoms with Gasteiger partial charge in [-0.25, -0.2) is 9.59 Å². The molecule has 0 saturated carbocycles. The number of carbonyl (C=O) groups excluding carboxylic acids is 5. The molecule has 0 fully saturated rings. The van der Waals surface area contributed by atoms with Crippen LogP contribution in [0.3, 0.4) is 0 Å². The van der Waals surface area contributed by atoms with E-state index >= 15 is 0 Å². The van der Waals surface area contributed by atoms with Crippen LogP contribution in [0.5, 0.6) is 0 Å². The molecule has 0 rings (SSSR count). The molecule has 0 heterocycles. The molecule has 49 heavy (non-hydrogen) atoms. The van der Waals surface area contributed by atoms with Gasteiger partial charge in [-0.1, -0.05) is 78.2 Å². The van der Waals surface area contributed by atoms with Gasteiger partial charge < -0.3 is 34.1 Å². The highest BCUT2D eigenvalue weighted by atomic mass is 16.6. The standard InChI is InChI=1S/C37H65NO11/c1-9-11-12-13-14-15-16-17-18-19-22-46-32(42)36(7,10-2)28-37(8,27-35(5,6)31(41)47-24-21-39)33(43)48-25-26-49-34(44)38-20-23-45-30(40)29(3)4/h39H,3,9-28H2,1-2,4-8H3,(H,38,44). The van der Waals surface area contributed by atoms with E-state index in [1.165, 1.54) is 51.9 Å². The van der Waals surface area contributed by atoms with Gasteiger partial charge in [0, 0.05) is 5.57 Å². The second kappa shape index (κ2) is 24.9. The normalized spacial score (nSPS) is 13.7. The van der Waals surface area contributed by atoms with Crippen molar-refractivity contribution in [1.82, 2.24) is 5.32 Å². The number of aliphatic hydroxyl groups is 1. The molecule has 0 saturated heterocycles. The Hall–Kier alpha value is -3.15. The highest BCUT2D eigenvalue weighted by Gasteiger charge is 2.50. The first-order valence-corrected chi connectivity index (χ1v) is 17.9. The van der Waals surface area contributed by atoms with E-state index in [0.717, 1.165) is 19.3 Å². The quantitative estimate of drug-likeness (QED) is 0.0391. The van der Waals surface area contributed by atoms with Crippen LogP contribution in [-0.2, 0) is 42.9 Å². The van der Waals surface area contributed by atoms with Crippen LogP contribution in [0.15, 0.2) is 12.2 Å². The molecular formula is C37H65NO11. The van der Waals surface area contributed by atoms with E-state index in [1.54, 1.807) is 27.7 Å². The van der Waals surface area contributed by atoms with Crippen LogP contribution >= 0.6 is 0 Å². The van der Waals surface area contributed by atoms with Crippen LogP contribution in [0.25, 0.3) is 0 Å². The highest BCUT2D eigenvalue weighted by molar-refractivity contribution is 5.87. The number of unbranched alkanes of at least 4 members (excludes halogenated alkanes) is 9. The predicted octanol–water partition coefficient (Wildman–Crippen LogP) is 6.60. The van der Waals surface area contributed by atoms with Crippen molar-refractivity contribution < 1.29 is 52.8 Å². The van der Waals surface area contributed by atoms with E-state index in [1.807, 2.05) is 6.92 Å². The summed E-state index contributed by atoms with van der Waals surface area (Å²) in [4.78, 5) is 63.3. The fourth-order valence-electron chi connectivity index (χ4n) is 5.63. The third-order valence-corrected chi connectivity index (χ3v) is 8.49. The molecule has 1 amide bonds. The number of carbonyl (C=O) groups is 5. The van der Waals surface area contributed by atoms with Gasteiger partial charge in [0.1, 0.15) is 26.4 Å². The molecule has 0 aliphatic carbocycles. The summed E-state index contributed by atoms with van der Waals surface area (Å²) in [5.41, 5.74) is -3.32. The Morgan fingerprint density at radius 2 is 1.12 bits per heavy atom. The number of hydrogen-bond acceptors (Lipinski definition) is 11. The summed E-state index contributed by atoms with van der Waals surface area (Å²) < 4.78 is 26.3. The van der Waals surface area contributed by atoms with Crippen LogP contribution in [0, 0.1) is 16.2 Å². The Kier molecular flexibility index (Phi) is 23.3. The van der Waals surface area contributed by atoms with Crippen molar-refractivity contribution in [3.05, 3.63) is 12.2 Å². The highest BCUT2D eigenvalue weighted by Crippen LogP contribution is 2.45. The van der Waals surface area contributed by atoms with Crippen molar-refractivity contribution in [1.29, 1.82) is 0 Å². The average molecular weight is 700 g/mol. The summed E-state index contributed by atoms with van der Waals surface area (Å²) in [5.74, 6) is -2.26. The van der Waals surface area contributed by atoms with Crippen molar-refractivity contribution in [3.63, 3.8) is 0 Å². The molecule has 0 radical (unpaired) electrons. The van der Waals surface area contributed by atoms with E-state index in [2.05, 4.69) is 18.8 Å². The zero-order valence-corrected chi connectivity index (χ0v) is 31.4. The molecule has 12 heteroatoms. The van der Waals surface area contributed by atoms with E-state index in [0.29, 0.717) is 13.0 Å². The molecule has 0 aromatic carbocycles. The number of nitrogens with one attached hydrogen (secondary N) is 1. The first-order chi connectivity index (χ1) is 23.1. The number of alkyl carbamates (subject to hydrolysis) is 1. The van der Waals surface area contributed by atoms with Gasteiger partial charge in [-0.15, -0.1) is 0 Å². The van der Waals surface area contributed by atoms with Gasteiger partial charge in [0.05, 0.1) is 36.0 Å². The lowest BCUT2D eigenvalue weighted by Crippen LogP contribution is -2.44. The van der Waals surface area contributed by atoms with Crippen LogP contribution < -0.4 is 5.32 Å². The van der Waals surface area contributed by atoms with Crippen LogP contribution in [0.1, 0.15) is 132 Å². The minimum absolute atomic E-state index is 0.0159. The number of aliphatic hydroxyl groups excluding tert-OH is 1. The summed E-state index contributed by atoms with van der Waals surface area (Å²) in [6, 6.07) is 0. The van der Waals surface area contributed by atoms with Gasteiger partial charge in [-0.2, -0.15) is 0 Å². The molecule has 284 valence electrons. The molecule has 0 spiro atoms. The van der Waals surface area contributed by atoms with Crippen molar-refractivity contribution in [2.75, 3.05) is 46.2 Å². The largest absolute Gasteiger partial charge is 0.465 e. The molecule has 0 aromatic rings. The van der Waals surface area contributed by atoms with Crippen LogP contribution in [0.4, 0.5) is 4.79 Å². The fourth-order valence-corrected chi connectivity index (χ4v) is 5.63. The van der Waals surface area contributed by atoms with Gasteiger partial charge in [0.25, 0.3) is 0 Å². The molecule has 12 nitrogen and oxygen atoms in total. The van der Waals surface area contributed by atoms with E-state index in [-0.39, 0.29) is 58.0 Å². The third-order valence-electron chi connectivity index (χ3n) is 8.49. The van der Waals surface area contributed by atoms with Crippen molar-refractivity contribution in [2.24, 2.45) is 16.2 Å². The molecule has 0 bridgehead atoms. The maximum Gasteiger partial charge on any atom is 0.407 e. The van der Waals surface area contributed by atoms with Gasteiger partial charge in [0.15, 0.2) is 0 Å². The number of rotatable bonds is 28. The number of hydrogen-bond donors (Lipinski definition) is 2. The summed E-state index contributed by atoms with van der Waals surface area (Å²) in [6.07, 6.45) is 11.2. The third kappa shape index (κ3) is 19.6. The lowest BCUT2D eigenvalue weighted by atomic mass is 9.65. The van der Waals surface area contributed by atoms with E-state index < -0.39 is 46.2 Å². The molecule has 2 unspecified atom stereocenters. The topological polar surface area (TPSA) is 164 Å². The van der Waals surface area contributed by atoms with Gasteiger partial charge in [0.2, 0.25) is 0 Å². The number of esters is 4. The number of ether oxygens (including phenoxy) is 5. The maximum absolute atomic E-state index is 13.7. The van der Waals surface area contributed by atoms with Crippen LogP contribution in [-0.4, -0.2) is 81.3 Å². The lowest BCUT2D eigenvalue weighted by molar-refractivity contribution is -0.169. The second-order valence-corrected chi connectivity index (χ2v) is 14.0. The van der Waals surface area contributed by atoms with Crippen molar-refractivity contribution >= 4 is 30.0 Å². The molecule has 0 aliphatic rings. The zero-order valence-electron chi connectivity index (χ0n) is 31.4. The monoisotopic (exact) mass is 699 g/mol. The molecular weight excluding hydrogens is 634 g/mol. The maximum atomic E-state index is 13.7. The number of amides is 1. The predicted molar refractivity (Wildman–Crippen MR) is 186 cm³/mol. The van der Waals surface area contributed by atoms with E-state index in [9.17, 15) is 24.0 Å². The summed E-state index contributed by atoms with van der Waals surface area (Å²) >= 11 is 0. The zero-order chi connectivity index (χ0) is 37.3. The second-order valence-electron chi connectivity index (χ2n) is 14.0. The minimum Gasteiger partial charge on any atom is -0.465 e. The molecule has 0 aliphatic heterocycles. The lowest BCUT2D eigenvalue weighted by Gasteiger charge is -2.39. The Bertz CT molecular complexity index is 1030. The summed E-state index contributed by atoms with van der Waals surface area (Å²) in [7, 11) is 0. The van der Waals surface area contributed by atoms with Gasteiger partial charge >= 0.3 is 30.0 Å². The van der Waals surface area contributed by atoms with Gasteiger partial charge in [-0.3, -0.25) is 14.4 Å². The Morgan fingerprint density at radius 1 is 0.612 bits per heavy atom. The summed E-state index contributed by atoms with van der Waals surface area (Å²) in [6.45, 7) is 14.9. The smallest absolute Gasteiger partial charge is 0.407 e. The molecule has 0 aromatic heterocycles. The van der Waals surface area contributed by atoms with E-state index in [4.69, 9.17) is 28.8 Å². The Balaban J connectivity index is 5.26. The first-order valence-electron chi connectivity index (χ1n) is 17.9. The molecule has 2 atom stereocenters. The fraction of sp³-hybridized carbons (Fsp3) is 0.811. The average Bonchev–Trinajstić information content (AvgIpc) is 3.05. The SMILES string of the molecule is C=C(C)C(=O)OCCNC(=O)OCCOC(=O)C(C)(CC(C)(C)C(=O)OCCO)CC(C)(CC)C(=O)OCCCCCCCCCCCC. The van der Waals surface area contributed by atoms with Crippen molar-refractivity contribution in [2.45, 2.75) is 132 Å². The minimum atomic E-state index is -1.34.